The van der Waals surface area contributed by atoms with Crippen LogP contribution in [-0.2, 0) is 4.79 Å². The topological polar surface area (TPSA) is 43.1 Å². The van der Waals surface area contributed by atoms with E-state index in [4.69, 9.17) is 5.73 Å². The van der Waals surface area contributed by atoms with Gasteiger partial charge in [0.2, 0.25) is 5.91 Å². The minimum absolute atomic E-state index is 0.0978. The van der Waals surface area contributed by atoms with Gasteiger partial charge in [0.15, 0.2) is 0 Å². The number of primary amides is 1. The van der Waals surface area contributed by atoms with E-state index >= 15 is 0 Å². The lowest BCUT2D eigenvalue weighted by atomic mass is 9.79. The predicted octanol–water partition coefficient (Wildman–Crippen LogP) is 3.64. The zero-order valence-corrected chi connectivity index (χ0v) is 10.9. The maximum Gasteiger partial charge on any atom is 0.223 e. The van der Waals surface area contributed by atoms with Crippen molar-refractivity contribution in [2.75, 3.05) is 0 Å². The van der Waals surface area contributed by atoms with Crippen LogP contribution in [0.15, 0.2) is 0 Å². The van der Waals surface area contributed by atoms with Crippen LogP contribution >= 0.6 is 0 Å². The van der Waals surface area contributed by atoms with Crippen LogP contribution in [0.1, 0.15) is 71.6 Å². The molecule has 0 spiro atoms. The van der Waals surface area contributed by atoms with Gasteiger partial charge >= 0.3 is 0 Å². The van der Waals surface area contributed by atoms with E-state index in [9.17, 15) is 4.79 Å². The second-order valence-corrected chi connectivity index (χ2v) is 5.88. The Morgan fingerprint density at radius 2 is 1.62 bits per heavy atom. The van der Waals surface area contributed by atoms with Gasteiger partial charge in [0.05, 0.1) is 0 Å². The summed E-state index contributed by atoms with van der Waals surface area (Å²) in [5.41, 5.74) is 5.30. The molecule has 0 aromatic rings. The maximum atomic E-state index is 11.5. The van der Waals surface area contributed by atoms with Crippen LogP contribution in [0.25, 0.3) is 0 Å². The lowest BCUT2D eigenvalue weighted by Crippen LogP contribution is -2.34. The Morgan fingerprint density at radius 3 is 2.31 bits per heavy atom. The summed E-state index contributed by atoms with van der Waals surface area (Å²) >= 11 is 0. The van der Waals surface area contributed by atoms with Crippen molar-refractivity contribution in [3.63, 3.8) is 0 Å². The van der Waals surface area contributed by atoms with Crippen molar-refractivity contribution in [2.24, 2.45) is 17.1 Å². The Balaban J connectivity index is 2.55. The summed E-state index contributed by atoms with van der Waals surface area (Å²) in [6, 6.07) is 0. The Kier molecular flexibility index (Phi) is 5.30. The Hall–Kier alpha value is -0.530. The molecule has 1 aliphatic carbocycles. The van der Waals surface area contributed by atoms with E-state index in [-0.39, 0.29) is 11.3 Å². The van der Waals surface area contributed by atoms with Crippen molar-refractivity contribution in [2.45, 2.75) is 71.6 Å². The summed E-state index contributed by atoms with van der Waals surface area (Å²) in [5.74, 6) is 0.717. The van der Waals surface area contributed by atoms with Gasteiger partial charge in [-0.3, -0.25) is 4.79 Å². The molecule has 0 bridgehead atoms. The van der Waals surface area contributed by atoms with Crippen LogP contribution in [0.2, 0.25) is 0 Å². The first-order chi connectivity index (χ1) is 7.54. The number of carbonyl (C=O) groups is 1. The van der Waals surface area contributed by atoms with Gasteiger partial charge in [0.25, 0.3) is 0 Å². The monoisotopic (exact) mass is 225 g/mol. The molecule has 0 radical (unpaired) electrons. The molecule has 16 heavy (non-hydrogen) atoms. The molecule has 1 rings (SSSR count). The minimum atomic E-state index is -0.246. The number of nitrogens with two attached hydrogens (primary N) is 1. The molecule has 2 nitrogen and oxygen atoms in total. The number of hydrogen-bond donors (Lipinski definition) is 1. The number of carbonyl (C=O) groups excluding carboxylic acids is 1. The molecule has 0 aromatic carbocycles. The highest BCUT2D eigenvalue weighted by Gasteiger charge is 2.30. The number of amides is 1. The molecule has 0 aromatic heterocycles. The normalized spacial score (nSPS) is 34.0. The predicted molar refractivity (Wildman–Crippen MR) is 68.0 cm³/mol. The fourth-order valence-electron chi connectivity index (χ4n) is 2.72. The average Bonchev–Trinajstić information content (AvgIpc) is 2.25. The summed E-state index contributed by atoms with van der Waals surface area (Å²) in [5, 5.41) is 0. The van der Waals surface area contributed by atoms with Gasteiger partial charge in [-0.15, -0.1) is 0 Å². The van der Waals surface area contributed by atoms with Gasteiger partial charge in [0, 0.05) is 5.41 Å². The molecule has 2 atom stereocenters. The molecule has 0 aliphatic heterocycles. The maximum absolute atomic E-state index is 11.5. The van der Waals surface area contributed by atoms with Gasteiger partial charge in [-0.05, 0) is 18.8 Å². The highest BCUT2D eigenvalue weighted by atomic mass is 16.1. The van der Waals surface area contributed by atoms with Gasteiger partial charge in [0.1, 0.15) is 0 Å². The smallest absolute Gasteiger partial charge is 0.223 e. The Morgan fingerprint density at radius 1 is 1.06 bits per heavy atom. The van der Waals surface area contributed by atoms with E-state index in [1.165, 1.54) is 32.1 Å². The molecule has 2 N–H and O–H groups in total. The van der Waals surface area contributed by atoms with E-state index in [1.54, 1.807) is 0 Å². The SMILES string of the molecule is CC1CCCCCCC(C)(C(N)=O)CCC1. The van der Waals surface area contributed by atoms with Crippen LogP contribution in [0, 0.1) is 11.3 Å². The summed E-state index contributed by atoms with van der Waals surface area (Å²) < 4.78 is 0. The Labute approximate surface area is 100.0 Å². The molecule has 94 valence electrons. The third-order valence-electron chi connectivity index (χ3n) is 4.20. The lowest BCUT2D eigenvalue weighted by Gasteiger charge is -2.26. The molecule has 1 aliphatic rings. The van der Waals surface area contributed by atoms with Crippen molar-refractivity contribution < 1.29 is 4.79 Å². The molecule has 1 amide bonds. The van der Waals surface area contributed by atoms with Crippen molar-refractivity contribution in [3.05, 3.63) is 0 Å². The standard InChI is InChI=1S/C14H27NO/c1-12-8-5-3-4-6-10-14(2,13(15)16)11-7-9-12/h12H,3-11H2,1-2H3,(H2,15,16). The largest absolute Gasteiger partial charge is 0.369 e. The van der Waals surface area contributed by atoms with Crippen LogP contribution in [0.3, 0.4) is 0 Å². The van der Waals surface area contributed by atoms with Gasteiger partial charge in [-0.2, -0.15) is 0 Å². The zero-order chi connectivity index (χ0) is 12.0. The first kappa shape index (κ1) is 13.5. The van der Waals surface area contributed by atoms with Crippen LogP contribution in [-0.4, -0.2) is 5.91 Å². The molecule has 0 saturated heterocycles. The summed E-state index contributed by atoms with van der Waals surface area (Å²) in [6.07, 6.45) is 10.8. The van der Waals surface area contributed by atoms with Gasteiger partial charge < -0.3 is 5.73 Å². The van der Waals surface area contributed by atoms with E-state index in [0.29, 0.717) is 0 Å². The fourth-order valence-corrected chi connectivity index (χ4v) is 2.72. The second kappa shape index (κ2) is 6.27. The second-order valence-electron chi connectivity index (χ2n) is 5.88. The average molecular weight is 225 g/mol. The molecule has 2 heteroatoms. The summed E-state index contributed by atoms with van der Waals surface area (Å²) in [4.78, 5) is 11.5. The van der Waals surface area contributed by atoms with E-state index in [2.05, 4.69) is 13.8 Å². The van der Waals surface area contributed by atoms with Crippen LogP contribution in [0.5, 0.6) is 0 Å². The number of hydrogen-bond acceptors (Lipinski definition) is 1. The van der Waals surface area contributed by atoms with Crippen LogP contribution in [0.4, 0.5) is 0 Å². The highest BCUT2D eigenvalue weighted by Crippen LogP contribution is 2.32. The molecule has 1 fully saturated rings. The summed E-state index contributed by atoms with van der Waals surface area (Å²) in [7, 11) is 0. The molecule has 2 unspecified atom stereocenters. The van der Waals surface area contributed by atoms with Crippen molar-refractivity contribution in [3.8, 4) is 0 Å². The first-order valence-electron chi connectivity index (χ1n) is 6.84. The third-order valence-corrected chi connectivity index (χ3v) is 4.20. The molecular weight excluding hydrogens is 198 g/mol. The van der Waals surface area contributed by atoms with Crippen molar-refractivity contribution in [1.29, 1.82) is 0 Å². The van der Waals surface area contributed by atoms with Crippen molar-refractivity contribution in [1.82, 2.24) is 0 Å². The highest BCUT2D eigenvalue weighted by molar-refractivity contribution is 5.80. The third kappa shape index (κ3) is 4.15. The lowest BCUT2D eigenvalue weighted by molar-refractivity contribution is -0.127. The van der Waals surface area contributed by atoms with Gasteiger partial charge in [-0.1, -0.05) is 58.8 Å². The molecule has 1 saturated carbocycles. The quantitative estimate of drug-likeness (QED) is 0.727. The summed E-state index contributed by atoms with van der Waals surface area (Å²) in [6.45, 7) is 4.39. The molecular formula is C14H27NO. The van der Waals surface area contributed by atoms with E-state index < -0.39 is 0 Å². The van der Waals surface area contributed by atoms with E-state index in [0.717, 1.165) is 31.6 Å². The zero-order valence-electron chi connectivity index (χ0n) is 10.9. The fraction of sp³-hybridized carbons (Fsp3) is 0.929. The first-order valence-corrected chi connectivity index (χ1v) is 6.84. The molecule has 0 heterocycles. The van der Waals surface area contributed by atoms with Gasteiger partial charge in [-0.25, -0.2) is 0 Å². The Bertz CT molecular complexity index is 227. The van der Waals surface area contributed by atoms with Crippen molar-refractivity contribution >= 4 is 5.91 Å². The minimum Gasteiger partial charge on any atom is -0.369 e. The number of rotatable bonds is 1. The van der Waals surface area contributed by atoms with E-state index in [1.807, 2.05) is 0 Å². The van der Waals surface area contributed by atoms with Crippen LogP contribution < -0.4 is 5.73 Å².